The molecule has 2 saturated heterocycles. The van der Waals surface area contributed by atoms with E-state index >= 15 is 0 Å². The van der Waals surface area contributed by atoms with Crippen molar-refractivity contribution in [3.05, 3.63) is 40.2 Å². The Balaban J connectivity index is 1.17. The van der Waals surface area contributed by atoms with Crippen molar-refractivity contribution in [3.63, 3.8) is 0 Å². The van der Waals surface area contributed by atoms with Gasteiger partial charge in [0.15, 0.2) is 5.13 Å². The van der Waals surface area contributed by atoms with Gasteiger partial charge in [-0.2, -0.15) is 4.31 Å². The Hall–Kier alpha value is -1.72. The number of halogens is 1. The summed E-state index contributed by atoms with van der Waals surface area (Å²) in [5.74, 6) is 0.441. The molecular formula is C24H29ClN4O3S3. The summed E-state index contributed by atoms with van der Waals surface area (Å²) < 4.78 is 29.1. The SMILES string of the molecule is CC(C)c1cccc2sc(N3CCN(C(=O)C4CCN(S(=O)(=O)c5ccc(Cl)s5)CC4)CC3)nc12. The Labute approximate surface area is 219 Å². The van der Waals surface area contributed by atoms with Gasteiger partial charge in [0.25, 0.3) is 10.0 Å². The van der Waals surface area contributed by atoms with Gasteiger partial charge in [-0.3, -0.25) is 4.79 Å². The summed E-state index contributed by atoms with van der Waals surface area (Å²) in [6.07, 6.45) is 1.10. The zero-order valence-electron chi connectivity index (χ0n) is 19.8. The number of carbonyl (C=O) groups is 1. The monoisotopic (exact) mass is 552 g/mol. The van der Waals surface area contributed by atoms with Gasteiger partial charge < -0.3 is 9.80 Å². The third-order valence-corrected chi connectivity index (χ3v) is 11.5. The highest BCUT2D eigenvalue weighted by Crippen LogP contribution is 2.34. The lowest BCUT2D eigenvalue weighted by Crippen LogP contribution is -2.52. The van der Waals surface area contributed by atoms with Crippen LogP contribution >= 0.6 is 34.3 Å². The molecule has 2 aromatic heterocycles. The molecule has 0 unspecified atom stereocenters. The number of rotatable bonds is 5. The lowest BCUT2D eigenvalue weighted by Gasteiger charge is -2.38. The van der Waals surface area contributed by atoms with Crippen LogP contribution in [0, 0.1) is 5.92 Å². The molecule has 2 fully saturated rings. The summed E-state index contributed by atoms with van der Waals surface area (Å²) in [4.78, 5) is 22.4. The van der Waals surface area contributed by atoms with Crippen molar-refractivity contribution in [3.8, 4) is 0 Å². The lowest BCUT2D eigenvalue weighted by atomic mass is 9.96. The Morgan fingerprint density at radius 3 is 2.37 bits per heavy atom. The number of benzene rings is 1. The Morgan fingerprint density at radius 2 is 1.74 bits per heavy atom. The third kappa shape index (κ3) is 4.96. The molecule has 2 aliphatic rings. The number of aromatic nitrogens is 1. The topological polar surface area (TPSA) is 73.8 Å². The van der Waals surface area contributed by atoms with E-state index in [1.807, 2.05) is 4.90 Å². The van der Waals surface area contributed by atoms with Crippen LogP contribution in [0.1, 0.15) is 38.2 Å². The molecule has 0 saturated carbocycles. The second-order valence-corrected chi connectivity index (χ2v) is 14.3. The van der Waals surface area contributed by atoms with E-state index in [1.54, 1.807) is 23.5 Å². The van der Waals surface area contributed by atoms with E-state index in [4.69, 9.17) is 16.6 Å². The molecular weight excluding hydrogens is 524 g/mol. The lowest BCUT2D eigenvalue weighted by molar-refractivity contribution is -0.137. The highest BCUT2D eigenvalue weighted by Gasteiger charge is 2.35. The highest BCUT2D eigenvalue weighted by molar-refractivity contribution is 7.91. The normalized spacial score (nSPS) is 18.6. The van der Waals surface area contributed by atoms with E-state index in [-0.39, 0.29) is 16.0 Å². The van der Waals surface area contributed by atoms with Crippen LogP contribution in [0.2, 0.25) is 4.34 Å². The van der Waals surface area contributed by atoms with Gasteiger partial charge in [0, 0.05) is 45.2 Å². The van der Waals surface area contributed by atoms with Crippen molar-refractivity contribution < 1.29 is 13.2 Å². The van der Waals surface area contributed by atoms with Crippen molar-refractivity contribution in [2.24, 2.45) is 5.92 Å². The molecule has 3 aromatic rings. The first kappa shape index (κ1) is 25.0. The minimum atomic E-state index is -3.54. The Kier molecular flexibility index (Phi) is 7.11. The molecule has 11 heteroatoms. The van der Waals surface area contributed by atoms with E-state index in [9.17, 15) is 13.2 Å². The van der Waals surface area contributed by atoms with Crippen molar-refractivity contribution in [2.45, 2.75) is 36.8 Å². The summed E-state index contributed by atoms with van der Waals surface area (Å²) >= 11 is 8.71. The van der Waals surface area contributed by atoms with Gasteiger partial charge in [-0.25, -0.2) is 13.4 Å². The van der Waals surface area contributed by atoms with E-state index in [1.165, 1.54) is 14.6 Å². The van der Waals surface area contributed by atoms with E-state index < -0.39 is 10.0 Å². The summed E-state index contributed by atoms with van der Waals surface area (Å²) in [6, 6.07) is 9.53. The average molecular weight is 553 g/mol. The predicted molar refractivity (Wildman–Crippen MR) is 143 cm³/mol. The molecule has 35 heavy (non-hydrogen) atoms. The summed E-state index contributed by atoms with van der Waals surface area (Å²) in [5.41, 5.74) is 2.36. The van der Waals surface area contributed by atoms with Crippen LogP contribution in [0.3, 0.4) is 0 Å². The number of nitrogens with zero attached hydrogens (tertiary/aromatic N) is 4. The van der Waals surface area contributed by atoms with E-state index in [2.05, 4.69) is 36.9 Å². The molecule has 1 amide bonds. The first-order valence-electron chi connectivity index (χ1n) is 11.9. The molecule has 2 aliphatic heterocycles. The quantitative estimate of drug-likeness (QED) is 0.451. The van der Waals surface area contributed by atoms with Gasteiger partial charge in [-0.1, -0.05) is 48.9 Å². The number of fused-ring (bicyclic) bond motifs is 1. The number of thiazole rings is 1. The molecule has 0 bridgehead atoms. The van der Waals surface area contributed by atoms with Crippen LogP contribution in [0.4, 0.5) is 5.13 Å². The average Bonchev–Trinajstić information content (AvgIpc) is 3.50. The van der Waals surface area contributed by atoms with Crippen LogP contribution < -0.4 is 4.90 Å². The fourth-order valence-corrected chi connectivity index (χ4v) is 9.00. The predicted octanol–water partition coefficient (Wildman–Crippen LogP) is 4.88. The number of piperidine rings is 1. The maximum absolute atomic E-state index is 13.2. The molecule has 0 N–H and O–H groups in total. The van der Waals surface area contributed by atoms with Crippen molar-refractivity contribution in [1.82, 2.24) is 14.2 Å². The first-order valence-corrected chi connectivity index (χ1v) is 15.4. The number of amides is 1. The number of anilines is 1. The first-order chi connectivity index (χ1) is 16.7. The zero-order chi connectivity index (χ0) is 24.7. The fourth-order valence-electron chi connectivity index (χ4n) is 4.84. The minimum absolute atomic E-state index is 0.129. The molecule has 7 nitrogen and oxygen atoms in total. The zero-order valence-corrected chi connectivity index (χ0v) is 23.0. The van der Waals surface area contributed by atoms with Gasteiger partial charge in [0.05, 0.1) is 14.6 Å². The van der Waals surface area contributed by atoms with Gasteiger partial charge in [0.2, 0.25) is 5.91 Å². The van der Waals surface area contributed by atoms with Gasteiger partial charge in [0.1, 0.15) is 4.21 Å². The van der Waals surface area contributed by atoms with Crippen LogP contribution in [-0.4, -0.2) is 67.8 Å². The summed E-state index contributed by atoms with van der Waals surface area (Å²) in [5, 5.41) is 1.02. The number of piperazine rings is 1. The molecule has 4 heterocycles. The standard InChI is InChI=1S/C24H29ClN4O3S3/c1-16(2)18-4-3-5-19-22(18)26-24(33-19)28-14-12-27(13-15-28)23(30)17-8-10-29(11-9-17)35(31,32)21-7-6-20(25)34-21/h3-7,16-17H,8-15H2,1-2H3. The molecule has 0 aliphatic carbocycles. The second-order valence-electron chi connectivity index (χ2n) is 9.39. The third-order valence-electron chi connectivity index (χ3n) is 6.87. The summed E-state index contributed by atoms with van der Waals surface area (Å²) in [6.45, 7) is 7.95. The fraction of sp³-hybridized carbons (Fsp3) is 0.500. The van der Waals surface area contributed by atoms with Gasteiger partial charge in [-0.15, -0.1) is 11.3 Å². The smallest absolute Gasteiger partial charge is 0.252 e. The largest absolute Gasteiger partial charge is 0.345 e. The van der Waals surface area contributed by atoms with E-state index in [0.717, 1.165) is 35.1 Å². The van der Waals surface area contributed by atoms with Crippen LogP contribution in [0.25, 0.3) is 10.2 Å². The number of hydrogen-bond donors (Lipinski definition) is 0. The van der Waals surface area contributed by atoms with Crippen LogP contribution in [0.5, 0.6) is 0 Å². The second kappa shape index (κ2) is 9.97. The van der Waals surface area contributed by atoms with Crippen LogP contribution in [-0.2, 0) is 14.8 Å². The number of para-hydroxylation sites is 1. The molecule has 188 valence electrons. The van der Waals surface area contributed by atoms with Crippen LogP contribution in [0.15, 0.2) is 34.5 Å². The van der Waals surface area contributed by atoms with Crippen molar-refractivity contribution in [2.75, 3.05) is 44.2 Å². The summed E-state index contributed by atoms with van der Waals surface area (Å²) in [7, 11) is -3.54. The molecule has 0 spiro atoms. The molecule has 1 aromatic carbocycles. The van der Waals surface area contributed by atoms with Gasteiger partial charge in [-0.05, 0) is 42.5 Å². The number of thiophene rings is 1. The molecule has 0 radical (unpaired) electrons. The Bertz CT molecular complexity index is 1320. The number of sulfonamides is 1. The number of carbonyl (C=O) groups excluding carboxylic acids is 1. The maximum Gasteiger partial charge on any atom is 0.252 e. The van der Waals surface area contributed by atoms with Crippen molar-refractivity contribution in [1.29, 1.82) is 0 Å². The molecule has 0 atom stereocenters. The van der Waals surface area contributed by atoms with E-state index in [0.29, 0.717) is 49.3 Å². The van der Waals surface area contributed by atoms with Crippen molar-refractivity contribution >= 4 is 65.6 Å². The number of hydrogen-bond acceptors (Lipinski definition) is 7. The highest BCUT2D eigenvalue weighted by atomic mass is 35.5. The maximum atomic E-state index is 13.2. The Morgan fingerprint density at radius 1 is 1.03 bits per heavy atom. The molecule has 5 rings (SSSR count). The van der Waals surface area contributed by atoms with Gasteiger partial charge >= 0.3 is 0 Å². The minimum Gasteiger partial charge on any atom is -0.345 e.